The van der Waals surface area contributed by atoms with E-state index in [0.717, 1.165) is 5.56 Å². The van der Waals surface area contributed by atoms with Crippen LogP contribution >= 0.6 is 0 Å². The van der Waals surface area contributed by atoms with Crippen LogP contribution in [0, 0.1) is 0 Å². The molecule has 0 aliphatic carbocycles. The van der Waals surface area contributed by atoms with Gasteiger partial charge in [-0.15, -0.1) is 0 Å². The molecule has 4 nitrogen and oxygen atoms in total. The Balaban J connectivity index is 3.08. The van der Waals surface area contributed by atoms with Crippen LogP contribution in [0.15, 0.2) is 29.2 Å². The number of nitrogens with two attached hydrogens (primary N) is 1. The third kappa shape index (κ3) is 3.06. The van der Waals surface area contributed by atoms with E-state index in [1.165, 1.54) is 4.31 Å². The first-order chi connectivity index (χ1) is 7.93. The quantitative estimate of drug-likeness (QED) is 0.872. The summed E-state index contributed by atoms with van der Waals surface area (Å²) in [6.07, 6.45) is 0. The number of benzene rings is 1. The van der Waals surface area contributed by atoms with Gasteiger partial charge in [0.15, 0.2) is 0 Å². The first-order valence-electron chi connectivity index (χ1n) is 5.79. The van der Waals surface area contributed by atoms with Crippen LogP contribution in [0.2, 0.25) is 0 Å². The molecule has 0 unspecified atom stereocenters. The van der Waals surface area contributed by atoms with Crippen molar-refractivity contribution in [2.24, 2.45) is 5.73 Å². The topological polar surface area (TPSA) is 63.4 Å². The normalized spacial score (nSPS) is 13.9. The number of rotatable bonds is 5. The van der Waals surface area contributed by atoms with Gasteiger partial charge in [-0.2, -0.15) is 4.31 Å². The molecule has 0 aliphatic heterocycles. The lowest BCUT2D eigenvalue weighted by molar-refractivity contribution is 0.445. The molecular formula is C12H20N2O2S. The molecule has 0 aliphatic rings. The molecule has 1 atom stereocenters. The van der Waals surface area contributed by atoms with Crippen molar-refractivity contribution < 1.29 is 8.42 Å². The molecule has 1 rings (SSSR count). The maximum Gasteiger partial charge on any atom is 0.243 e. The van der Waals surface area contributed by atoms with Crippen molar-refractivity contribution in [3.05, 3.63) is 29.8 Å². The molecule has 1 aromatic rings. The van der Waals surface area contributed by atoms with Crippen LogP contribution < -0.4 is 5.73 Å². The molecule has 1 aromatic carbocycles. The van der Waals surface area contributed by atoms with E-state index in [4.69, 9.17) is 5.73 Å². The standard InChI is InChI=1S/C12H20N2O2S/c1-4-14(5-2)17(15,16)12-8-6-11(7-9-12)10(3)13/h6-10H,4-5,13H2,1-3H3/t10-/m0/s1. The summed E-state index contributed by atoms with van der Waals surface area (Å²) in [6.45, 7) is 6.49. The monoisotopic (exact) mass is 256 g/mol. The predicted octanol–water partition coefficient (Wildman–Crippen LogP) is 1.74. The summed E-state index contributed by atoms with van der Waals surface area (Å²) in [7, 11) is -3.35. The van der Waals surface area contributed by atoms with Gasteiger partial charge >= 0.3 is 0 Å². The van der Waals surface area contributed by atoms with Crippen LogP contribution in [0.3, 0.4) is 0 Å². The van der Waals surface area contributed by atoms with Crippen molar-refractivity contribution in [2.75, 3.05) is 13.1 Å². The number of hydrogen-bond acceptors (Lipinski definition) is 3. The van der Waals surface area contributed by atoms with Gasteiger partial charge in [0, 0.05) is 19.1 Å². The molecular weight excluding hydrogens is 236 g/mol. The van der Waals surface area contributed by atoms with E-state index in [9.17, 15) is 8.42 Å². The lowest BCUT2D eigenvalue weighted by Gasteiger charge is -2.18. The predicted molar refractivity (Wildman–Crippen MR) is 69.2 cm³/mol. The lowest BCUT2D eigenvalue weighted by Crippen LogP contribution is -2.30. The Morgan fingerprint density at radius 1 is 1.18 bits per heavy atom. The fourth-order valence-corrected chi connectivity index (χ4v) is 3.11. The van der Waals surface area contributed by atoms with Crippen LogP contribution in [0.4, 0.5) is 0 Å². The minimum Gasteiger partial charge on any atom is -0.324 e. The van der Waals surface area contributed by atoms with Gasteiger partial charge in [0.25, 0.3) is 0 Å². The molecule has 0 bridgehead atoms. The number of sulfonamides is 1. The Labute approximate surface area is 103 Å². The summed E-state index contributed by atoms with van der Waals surface area (Å²) in [5.41, 5.74) is 6.66. The van der Waals surface area contributed by atoms with Crippen LogP contribution in [0.25, 0.3) is 0 Å². The van der Waals surface area contributed by atoms with Gasteiger partial charge in [-0.05, 0) is 24.6 Å². The molecule has 0 saturated heterocycles. The second-order valence-electron chi connectivity index (χ2n) is 3.95. The molecule has 0 amide bonds. The fraction of sp³-hybridized carbons (Fsp3) is 0.500. The van der Waals surface area contributed by atoms with E-state index in [2.05, 4.69) is 0 Å². The Kier molecular flexibility index (Phi) is 4.68. The molecule has 0 aromatic heterocycles. The van der Waals surface area contributed by atoms with Crippen molar-refractivity contribution in [3.63, 3.8) is 0 Å². The van der Waals surface area contributed by atoms with Crippen molar-refractivity contribution in [1.82, 2.24) is 4.31 Å². The van der Waals surface area contributed by atoms with Crippen LogP contribution in [0.5, 0.6) is 0 Å². The lowest BCUT2D eigenvalue weighted by atomic mass is 10.1. The Bertz CT molecular complexity index is 448. The molecule has 0 heterocycles. The smallest absolute Gasteiger partial charge is 0.243 e. The summed E-state index contributed by atoms with van der Waals surface area (Å²) in [4.78, 5) is 0.325. The highest BCUT2D eigenvalue weighted by atomic mass is 32.2. The largest absolute Gasteiger partial charge is 0.324 e. The van der Waals surface area contributed by atoms with E-state index in [1.807, 2.05) is 20.8 Å². The summed E-state index contributed by atoms with van der Waals surface area (Å²) in [5.74, 6) is 0. The van der Waals surface area contributed by atoms with E-state index >= 15 is 0 Å². The van der Waals surface area contributed by atoms with Gasteiger partial charge in [-0.1, -0.05) is 26.0 Å². The minimum absolute atomic E-state index is 0.0831. The SMILES string of the molecule is CCN(CC)S(=O)(=O)c1ccc([C@H](C)N)cc1. The van der Waals surface area contributed by atoms with Gasteiger partial charge in [0.1, 0.15) is 0 Å². The molecule has 0 saturated carbocycles. The number of hydrogen-bond donors (Lipinski definition) is 1. The molecule has 0 spiro atoms. The average molecular weight is 256 g/mol. The van der Waals surface area contributed by atoms with Crippen molar-refractivity contribution in [2.45, 2.75) is 31.7 Å². The van der Waals surface area contributed by atoms with Gasteiger partial charge < -0.3 is 5.73 Å². The molecule has 17 heavy (non-hydrogen) atoms. The summed E-state index contributed by atoms with van der Waals surface area (Å²) < 4.78 is 25.8. The second kappa shape index (κ2) is 5.62. The Morgan fingerprint density at radius 2 is 1.65 bits per heavy atom. The Morgan fingerprint density at radius 3 is 2.00 bits per heavy atom. The summed E-state index contributed by atoms with van der Waals surface area (Å²) in [6, 6.07) is 6.68. The van der Waals surface area contributed by atoms with Crippen LogP contribution in [0.1, 0.15) is 32.4 Å². The van der Waals surface area contributed by atoms with Crippen molar-refractivity contribution in [1.29, 1.82) is 0 Å². The zero-order valence-electron chi connectivity index (χ0n) is 10.6. The molecule has 0 radical (unpaired) electrons. The van der Waals surface area contributed by atoms with Crippen molar-refractivity contribution >= 4 is 10.0 Å². The maximum absolute atomic E-state index is 12.2. The second-order valence-corrected chi connectivity index (χ2v) is 5.88. The fourth-order valence-electron chi connectivity index (χ4n) is 1.66. The maximum atomic E-state index is 12.2. The van der Waals surface area contributed by atoms with Crippen LogP contribution in [-0.4, -0.2) is 25.8 Å². The van der Waals surface area contributed by atoms with Gasteiger partial charge in [-0.25, -0.2) is 8.42 Å². The van der Waals surface area contributed by atoms with Gasteiger partial charge in [-0.3, -0.25) is 0 Å². The molecule has 96 valence electrons. The van der Waals surface area contributed by atoms with E-state index in [0.29, 0.717) is 18.0 Å². The highest BCUT2D eigenvalue weighted by Crippen LogP contribution is 2.18. The number of nitrogens with zero attached hydrogens (tertiary/aromatic N) is 1. The van der Waals surface area contributed by atoms with Gasteiger partial charge in [0.2, 0.25) is 10.0 Å². The summed E-state index contributed by atoms with van der Waals surface area (Å²) in [5, 5.41) is 0. The molecule has 0 fully saturated rings. The highest BCUT2D eigenvalue weighted by molar-refractivity contribution is 7.89. The Hall–Kier alpha value is -0.910. The van der Waals surface area contributed by atoms with E-state index in [-0.39, 0.29) is 6.04 Å². The average Bonchev–Trinajstić information content (AvgIpc) is 2.30. The van der Waals surface area contributed by atoms with Crippen molar-refractivity contribution in [3.8, 4) is 0 Å². The third-order valence-electron chi connectivity index (χ3n) is 2.75. The molecule has 5 heteroatoms. The minimum atomic E-state index is -3.35. The molecule has 2 N–H and O–H groups in total. The van der Waals surface area contributed by atoms with E-state index in [1.54, 1.807) is 24.3 Å². The third-order valence-corrected chi connectivity index (χ3v) is 4.81. The first-order valence-corrected chi connectivity index (χ1v) is 7.23. The zero-order chi connectivity index (χ0) is 13.1. The first kappa shape index (κ1) is 14.2. The van der Waals surface area contributed by atoms with Gasteiger partial charge in [0.05, 0.1) is 4.90 Å². The summed E-state index contributed by atoms with van der Waals surface area (Å²) >= 11 is 0. The van der Waals surface area contributed by atoms with E-state index < -0.39 is 10.0 Å². The highest BCUT2D eigenvalue weighted by Gasteiger charge is 2.21. The zero-order valence-corrected chi connectivity index (χ0v) is 11.4. The van der Waals surface area contributed by atoms with Crippen LogP contribution in [-0.2, 0) is 10.0 Å².